The van der Waals surface area contributed by atoms with E-state index in [1.54, 1.807) is 36.4 Å². The van der Waals surface area contributed by atoms with Crippen molar-refractivity contribution < 1.29 is 22.3 Å². The van der Waals surface area contributed by atoms with Crippen LogP contribution in [0.1, 0.15) is 16.7 Å². The third-order valence-electron chi connectivity index (χ3n) is 4.79. The van der Waals surface area contributed by atoms with Gasteiger partial charge in [0.15, 0.2) is 11.5 Å². The number of primary sulfonamides is 1. The van der Waals surface area contributed by atoms with Crippen LogP contribution >= 0.6 is 11.6 Å². The second kappa shape index (κ2) is 10.8. The summed E-state index contributed by atoms with van der Waals surface area (Å²) in [6.45, 7) is 1.24. The van der Waals surface area contributed by atoms with E-state index in [1.165, 1.54) is 25.3 Å². The Hall–Kier alpha value is -2.65. The first kappa shape index (κ1) is 24.0. The predicted octanol–water partition coefficient (Wildman–Crippen LogP) is 4.05. The normalized spacial score (nSPS) is 11.4. The lowest BCUT2D eigenvalue weighted by Crippen LogP contribution is -2.17. The summed E-state index contributed by atoms with van der Waals surface area (Å²) in [7, 11) is -2.17. The fourth-order valence-corrected chi connectivity index (χ4v) is 3.90. The van der Waals surface area contributed by atoms with Crippen molar-refractivity contribution in [1.82, 2.24) is 5.32 Å². The van der Waals surface area contributed by atoms with Crippen LogP contribution in [0.2, 0.25) is 5.02 Å². The molecule has 9 heteroatoms. The minimum atomic E-state index is -3.69. The van der Waals surface area contributed by atoms with E-state index in [1.807, 2.05) is 6.07 Å². The van der Waals surface area contributed by atoms with Crippen molar-refractivity contribution in [3.8, 4) is 11.5 Å². The Kier molecular flexibility index (Phi) is 8.09. The molecule has 0 atom stereocenters. The number of hydrogen-bond acceptors (Lipinski definition) is 5. The Labute approximate surface area is 192 Å². The van der Waals surface area contributed by atoms with Crippen molar-refractivity contribution in [2.24, 2.45) is 5.14 Å². The van der Waals surface area contributed by atoms with Crippen LogP contribution in [0.25, 0.3) is 0 Å². The number of nitrogens with one attached hydrogen (secondary N) is 1. The highest BCUT2D eigenvalue weighted by Crippen LogP contribution is 2.37. The molecule has 0 aliphatic heterocycles. The topological polar surface area (TPSA) is 90.6 Å². The molecule has 6 nitrogen and oxygen atoms in total. The summed E-state index contributed by atoms with van der Waals surface area (Å²) in [6.07, 6.45) is 0.708. The molecule has 0 spiro atoms. The zero-order valence-corrected chi connectivity index (χ0v) is 19.0. The van der Waals surface area contributed by atoms with E-state index in [-0.39, 0.29) is 17.3 Å². The van der Waals surface area contributed by atoms with E-state index < -0.39 is 10.0 Å². The van der Waals surface area contributed by atoms with Gasteiger partial charge in [0.1, 0.15) is 12.4 Å². The molecule has 3 rings (SSSR count). The highest BCUT2D eigenvalue weighted by molar-refractivity contribution is 7.89. The van der Waals surface area contributed by atoms with Crippen LogP contribution in [0.5, 0.6) is 11.5 Å². The summed E-state index contributed by atoms with van der Waals surface area (Å²) in [5, 5.41) is 8.79. The van der Waals surface area contributed by atoms with Gasteiger partial charge in [0, 0.05) is 12.1 Å². The standard InChI is InChI=1S/C23H24ClFN2O4S/c1-30-22-13-17(12-20(24)23(22)31-15-18-4-2-3-5-21(18)25)14-27-11-10-16-6-8-19(9-7-16)32(26,28)29/h2-9,12-13,27H,10-11,14-15H2,1H3,(H2,26,28,29). The van der Waals surface area contributed by atoms with Crippen molar-refractivity contribution >= 4 is 21.6 Å². The molecular weight excluding hydrogens is 455 g/mol. The summed E-state index contributed by atoms with van der Waals surface area (Å²) in [6, 6.07) is 16.4. The second-order valence-corrected chi connectivity index (χ2v) is 9.07. The van der Waals surface area contributed by atoms with Crippen LogP contribution in [0.3, 0.4) is 0 Å². The number of halogens is 2. The Bertz CT molecular complexity index is 1170. The van der Waals surface area contributed by atoms with Crippen molar-refractivity contribution in [1.29, 1.82) is 0 Å². The molecule has 0 aliphatic rings. The van der Waals surface area contributed by atoms with Gasteiger partial charge in [-0.25, -0.2) is 17.9 Å². The highest BCUT2D eigenvalue weighted by Gasteiger charge is 2.13. The quantitative estimate of drug-likeness (QED) is 0.429. The lowest BCUT2D eigenvalue weighted by atomic mass is 10.1. The molecule has 170 valence electrons. The van der Waals surface area contributed by atoms with Crippen LogP contribution in [0.15, 0.2) is 65.6 Å². The van der Waals surface area contributed by atoms with Crippen molar-refractivity contribution in [3.63, 3.8) is 0 Å². The van der Waals surface area contributed by atoms with Crippen LogP contribution in [0.4, 0.5) is 4.39 Å². The van der Waals surface area contributed by atoms with Gasteiger partial charge < -0.3 is 14.8 Å². The molecule has 0 unspecified atom stereocenters. The molecule has 3 N–H and O–H groups in total. The molecule has 0 radical (unpaired) electrons. The molecule has 0 saturated heterocycles. The molecule has 0 amide bonds. The maximum absolute atomic E-state index is 13.8. The number of benzene rings is 3. The number of hydrogen-bond donors (Lipinski definition) is 2. The molecule has 0 aromatic heterocycles. The maximum atomic E-state index is 13.8. The van der Waals surface area contributed by atoms with Crippen LogP contribution in [-0.2, 0) is 29.6 Å². The molecular formula is C23H24ClFN2O4S. The molecule has 3 aromatic rings. The van der Waals surface area contributed by atoms with Crippen LogP contribution in [0, 0.1) is 5.82 Å². The first-order valence-electron chi connectivity index (χ1n) is 9.83. The molecule has 0 saturated carbocycles. The highest BCUT2D eigenvalue weighted by atomic mass is 35.5. The summed E-state index contributed by atoms with van der Waals surface area (Å²) in [5.74, 6) is 0.475. The number of methoxy groups -OCH3 is 1. The van der Waals surface area contributed by atoms with Gasteiger partial charge in [-0.3, -0.25) is 0 Å². The molecule has 0 bridgehead atoms. The minimum absolute atomic E-state index is 0.0323. The number of nitrogens with two attached hydrogens (primary N) is 1. The predicted molar refractivity (Wildman–Crippen MR) is 122 cm³/mol. The summed E-state index contributed by atoms with van der Waals surface area (Å²) >= 11 is 6.39. The van der Waals surface area contributed by atoms with E-state index >= 15 is 0 Å². The van der Waals surface area contributed by atoms with E-state index in [4.69, 9.17) is 26.2 Å². The van der Waals surface area contributed by atoms with Gasteiger partial charge in [0.2, 0.25) is 10.0 Å². The van der Waals surface area contributed by atoms with Gasteiger partial charge in [-0.05, 0) is 54.4 Å². The van der Waals surface area contributed by atoms with Crippen LogP contribution < -0.4 is 19.9 Å². The fraction of sp³-hybridized carbons (Fsp3) is 0.217. The summed E-state index contributed by atoms with van der Waals surface area (Å²) in [4.78, 5) is 0.0910. The SMILES string of the molecule is COc1cc(CNCCc2ccc(S(N)(=O)=O)cc2)cc(Cl)c1OCc1ccccc1F. The molecule has 0 fully saturated rings. The Morgan fingerprint density at radius 2 is 1.78 bits per heavy atom. The Morgan fingerprint density at radius 1 is 1.06 bits per heavy atom. The van der Waals surface area contributed by atoms with E-state index in [0.29, 0.717) is 41.6 Å². The Balaban J connectivity index is 1.57. The molecule has 32 heavy (non-hydrogen) atoms. The third kappa shape index (κ3) is 6.43. The molecule has 3 aromatic carbocycles. The molecule has 0 aliphatic carbocycles. The van der Waals surface area contributed by atoms with E-state index in [2.05, 4.69) is 5.32 Å². The van der Waals surface area contributed by atoms with Crippen LogP contribution in [-0.4, -0.2) is 22.1 Å². The Morgan fingerprint density at radius 3 is 2.44 bits per heavy atom. The van der Waals surface area contributed by atoms with E-state index in [0.717, 1.165) is 11.1 Å². The first-order valence-corrected chi connectivity index (χ1v) is 11.8. The van der Waals surface area contributed by atoms with Gasteiger partial charge in [0.05, 0.1) is 17.0 Å². The van der Waals surface area contributed by atoms with Gasteiger partial charge in [-0.2, -0.15) is 0 Å². The van der Waals surface area contributed by atoms with Gasteiger partial charge >= 0.3 is 0 Å². The van der Waals surface area contributed by atoms with Crippen molar-refractivity contribution in [2.45, 2.75) is 24.5 Å². The number of sulfonamides is 1. The van der Waals surface area contributed by atoms with Gasteiger partial charge in [0.25, 0.3) is 0 Å². The minimum Gasteiger partial charge on any atom is -0.493 e. The monoisotopic (exact) mass is 478 g/mol. The lowest BCUT2D eigenvalue weighted by Gasteiger charge is -2.15. The lowest BCUT2D eigenvalue weighted by molar-refractivity contribution is 0.279. The summed E-state index contributed by atoms with van der Waals surface area (Å²) < 4.78 is 47.6. The summed E-state index contributed by atoms with van der Waals surface area (Å²) in [5.41, 5.74) is 2.31. The number of rotatable bonds is 10. The average Bonchev–Trinajstić information content (AvgIpc) is 2.76. The van der Waals surface area contributed by atoms with E-state index in [9.17, 15) is 12.8 Å². The largest absolute Gasteiger partial charge is 0.493 e. The van der Waals surface area contributed by atoms with Gasteiger partial charge in [-0.15, -0.1) is 0 Å². The zero-order valence-electron chi connectivity index (χ0n) is 17.5. The first-order chi connectivity index (χ1) is 15.3. The second-order valence-electron chi connectivity index (χ2n) is 7.10. The average molecular weight is 479 g/mol. The van der Waals surface area contributed by atoms with Crippen molar-refractivity contribution in [2.75, 3.05) is 13.7 Å². The fourth-order valence-electron chi connectivity index (χ4n) is 3.09. The zero-order chi connectivity index (χ0) is 23.1. The number of ether oxygens (including phenoxy) is 2. The smallest absolute Gasteiger partial charge is 0.238 e. The third-order valence-corrected chi connectivity index (χ3v) is 6.00. The van der Waals surface area contributed by atoms with Gasteiger partial charge in [-0.1, -0.05) is 41.9 Å². The van der Waals surface area contributed by atoms with Crippen molar-refractivity contribution in [3.05, 3.63) is 88.2 Å². The molecule has 0 heterocycles. The maximum Gasteiger partial charge on any atom is 0.238 e.